The van der Waals surface area contributed by atoms with Crippen molar-refractivity contribution in [3.63, 3.8) is 0 Å². The van der Waals surface area contributed by atoms with Gasteiger partial charge in [0, 0.05) is 6.20 Å². The summed E-state index contributed by atoms with van der Waals surface area (Å²) in [5.74, 6) is 3.62. The van der Waals surface area contributed by atoms with Crippen LogP contribution in [0.4, 0.5) is 11.5 Å². The van der Waals surface area contributed by atoms with Crippen LogP contribution in [0.5, 0.6) is 11.5 Å². The van der Waals surface area contributed by atoms with E-state index in [1.807, 2.05) is 59.3 Å². The Morgan fingerprint density at radius 3 is 2.55 bits per heavy atom. The molecule has 218 valence electrons. The molecular weight excluding hydrogens is 700 g/mol. The molecule has 5 aromatic rings. The number of hydrogen-bond donors (Lipinski definition) is 0. The van der Waals surface area contributed by atoms with E-state index in [0.29, 0.717) is 26.9 Å². The van der Waals surface area contributed by atoms with Crippen LogP contribution in [0.1, 0.15) is 67.6 Å². The number of rotatable bonds is 4. The molecule has 2 aliphatic rings. The van der Waals surface area contributed by atoms with Crippen LogP contribution in [0.3, 0.4) is 0 Å². The number of benzene rings is 3. The molecule has 2 unspecified atom stereocenters. The van der Waals surface area contributed by atoms with Gasteiger partial charge in [-0.05, 0) is 23.5 Å². The Morgan fingerprint density at radius 1 is 0.905 bits per heavy atom. The minimum atomic E-state index is -2.30. The van der Waals surface area contributed by atoms with Crippen molar-refractivity contribution in [3.05, 3.63) is 100.0 Å². The number of fused-ring (bicyclic) bond motifs is 4. The SMILES string of the molecule is [2H]C([2H])([2H])n1[c](=[Pt])n(-c2cccc(Oc3ccc4c(c3)N(c3cc(C(C)(C)C)ccn3)CC3CCCCC43)c2)c2ccccc21. The predicted molar refractivity (Wildman–Crippen MR) is 167 cm³/mol. The monoisotopic (exact) mass is 740 g/mol. The summed E-state index contributed by atoms with van der Waals surface area (Å²) in [7, 11) is 0. The Bertz CT molecular complexity index is 1950. The molecule has 1 fully saturated rings. The van der Waals surface area contributed by atoms with Crippen molar-refractivity contribution in [2.75, 3.05) is 11.4 Å². The van der Waals surface area contributed by atoms with Gasteiger partial charge in [0.25, 0.3) is 0 Å². The first-order valence-corrected chi connectivity index (χ1v) is 16.0. The Hall–Kier alpha value is -3.43. The summed E-state index contributed by atoms with van der Waals surface area (Å²) in [6.07, 6.45) is 6.98. The molecular formula is C36H38N4OPt. The van der Waals surface area contributed by atoms with Crippen molar-refractivity contribution in [1.29, 1.82) is 0 Å². The van der Waals surface area contributed by atoms with Gasteiger partial charge in [-0.25, -0.2) is 0 Å². The second-order valence-electron chi connectivity index (χ2n) is 12.6. The molecule has 5 nitrogen and oxygen atoms in total. The fourth-order valence-corrected chi connectivity index (χ4v) is 7.58. The van der Waals surface area contributed by atoms with E-state index in [4.69, 9.17) is 13.8 Å². The molecule has 2 atom stereocenters. The topological polar surface area (TPSA) is 35.2 Å². The summed E-state index contributed by atoms with van der Waals surface area (Å²) in [6, 6.07) is 26.4. The van der Waals surface area contributed by atoms with E-state index < -0.39 is 6.98 Å². The minimum absolute atomic E-state index is 0.0331. The van der Waals surface area contributed by atoms with E-state index in [1.54, 1.807) is 0 Å². The molecule has 1 saturated carbocycles. The summed E-state index contributed by atoms with van der Waals surface area (Å²) in [5, 5.41) is 0. The molecule has 6 heteroatoms. The fraction of sp³-hybridized carbons (Fsp3) is 0.333. The van der Waals surface area contributed by atoms with Crippen molar-refractivity contribution in [3.8, 4) is 17.2 Å². The first-order valence-electron chi connectivity index (χ1n) is 16.3. The fourth-order valence-electron chi connectivity index (χ4n) is 6.74. The normalized spacial score (nSPS) is 19.9. The summed E-state index contributed by atoms with van der Waals surface area (Å²) in [6.45, 7) is 5.39. The van der Waals surface area contributed by atoms with Gasteiger partial charge >= 0.3 is 201 Å². The number of imidazole rings is 1. The van der Waals surface area contributed by atoms with Crippen molar-refractivity contribution in [1.82, 2.24) is 14.1 Å². The van der Waals surface area contributed by atoms with E-state index in [1.165, 1.54) is 47.1 Å². The Kier molecular flexibility index (Phi) is 6.12. The van der Waals surface area contributed by atoms with Crippen LogP contribution in [0.2, 0.25) is 0 Å². The van der Waals surface area contributed by atoms with Crippen LogP contribution in [-0.4, -0.2) is 20.7 Å². The maximum absolute atomic E-state index is 8.16. The summed E-state index contributed by atoms with van der Waals surface area (Å²) in [5.41, 5.74) is 6.19. The average Bonchev–Trinajstić information content (AvgIpc) is 3.32. The van der Waals surface area contributed by atoms with Gasteiger partial charge in [-0.15, -0.1) is 0 Å². The Labute approximate surface area is 263 Å². The van der Waals surface area contributed by atoms with Crippen molar-refractivity contribution in [2.45, 2.75) is 57.8 Å². The first kappa shape index (κ1) is 24.1. The number of anilines is 2. The van der Waals surface area contributed by atoms with Crippen LogP contribution in [-0.2, 0) is 31.7 Å². The number of aromatic nitrogens is 3. The van der Waals surface area contributed by atoms with E-state index in [-0.39, 0.29) is 5.41 Å². The second kappa shape index (κ2) is 10.7. The molecule has 1 aliphatic carbocycles. The zero-order valence-corrected chi connectivity index (χ0v) is 26.6. The summed E-state index contributed by atoms with van der Waals surface area (Å²) in [4.78, 5) is 7.27. The number of pyridine rings is 1. The number of para-hydroxylation sites is 2. The zero-order chi connectivity index (χ0) is 31.5. The van der Waals surface area contributed by atoms with Gasteiger partial charge in [0.15, 0.2) is 0 Å². The molecule has 7 rings (SSSR count). The number of nitrogens with zero attached hydrogens (tertiary/aromatic N) is 4. The third-order valence-corrected chi connectivity index (χ3v) is 9.94. The second-order valence-corrected chi connectivity index (χ2v) is 13.7. The van der Waals surface area contributed by atoms with Crippen molar-refractivity contribution < 1.29 is 28.2 Å². The van der Waals surface area contributed by atoms with Crippen LogP contribution in [0.25, 0.3) is 16.7 Å². The number of hydrogen-bond acceptors (Lipinski definition) is 3. The molecule has 0 amide bonds. The van der Waals surface area contributed by atoms with E-state index >= 15 is 0 Å². The molecule has 42 heavy (non-hydrogen) atoms. The van der Waals surface area contributed by atoms with Gasteiger partial charge in [0.2, 0.25) is 0 Å². The van der Waals surface area contributed by atoms with Crippen LogP contribution in [0, 0.1) is 9.72 Å². The van der Waals surface area contributed by atoms with Gasteiger partial charge in [0.05, 0.1) is 0 Å². The molecule has 0 N–H and O–H groups in total. The zero-order valence-electron chi connectivity index (χ0n) is 27.3. The van der Waals surface area contributed by atoms with E-state index in [2.05, 4.69) is 75.4 Å². The first-order chi connectivity index (χ1) is 21.5. The quantitative estimate of drug-likeness (QED) is 0.185. The van der Waals surface area contributed by atoms with Crippen molar-refractivity contribution >= 4 is 22.5 Å². The molecule has 2 aromatic heterocycles. The van der Waals surface area contributed by atoms with Crippen LogP contribution < -0.4 is 9.64 Å². The van der Waals surface area contributed by atoms with Gasteiger partial charge < -0.3 is 0 Å². The average molecular weight is 741 g/mol. The standard InChI is InChI=1S/C36H38N4O.Pt/c1-36(2,3)26-18-19-37-35(20-26)39-23-25-10-5-6-13-30(25)31-17-16-29(22-34(31)39)41-28-12-9-11-27(21-28)40-24-38(4)32-14-7-8-15-33(32)40;/h7-9,11-12,14-22,25,30H,5-6,10,13,23H2,1-4H3;/i4D3;. The van der Waals surface area contributed by atoms with Crippen LogP contribution >= 0.6 is 0 Å². The maximum atomic E-state index is 8.16. The number of ether oxygens (including phenoxy) is 1. The Balaban J connectivity index is 1.27. The van der Waals surface area contributed by atoms with Gasteiger partial charge in [-0.2, -0.15) is 0 Å². The summed E-state index contributed by atoms with van der Waals surface area (Å²) < 4.78 is 35.0. The van der Waals surface area contributed by atoms with Gasteiger partial charge in [-0.1, -0.05) is 33.6 Å². The van der Waals surface area contributed by atoms with Crippen LogP contribution in [0.15, 0.2) is 85.1 Å². The molecule has 3 heterocycles. The van der Waals surface area contributed by atoms with E-state index in [9.17, 15) is 0 Å². The van der Waals surface area contributed by atoms with Gasteiger partial charge in [0.1, 0.15) is 0 Å². The van der Waals surface area contributed by atoms with Gasteiger partial charge in [-0.3, -0.25) is 0 Å². The molecule has 0 saturated heterocycles. The molecule has 0 bridgehead atoms. The third-order valence-electron chi connectivity index (χ3n) is 8.92. The molecule has 1 aliphatic heterocycles. The van der Waals surface area contributed by atoms with E-state index in [0.717, 1.165) is 29.3 Å². The molecule has 0 radical (unpaired) electrons. The number of aryl methyl sites for hydroxylation is 1. The molecule has 3 aromatic carbocycles. The predicted octanol–water partition coefficient (Wildman–Crippen LogP) is 8.96. The van der Waals surface area contributed by atoms with Crippen molar-refractivity contribution in [2.24, 2.45) is 12.9 Å². The Morgan fingerprint density at radius 2 is 1.71 bits per heavy atom. The molecule has 0 spiro atoms. The third kappa shape index (κ3) is 4.86. The summed E-state index contributed by atoms with van der Waals surface area (Å²) >= 11 is 2.10.